The zero-order chi connectivity index (χ0) is 19.4. The minimum absolute atomic E-state index is 0.0682. The molecule has 0 radical (unpaired) electrons. The third-order valence-corrected chi connectivity index (χ3v) is 4.44. The molecule has 0 fully saturated rings. The van der Waals surface area contributed by atoms with Crippen molar-refractivity contribution in [1.82, 2.24) is 5.32 Å². The predicted octanol–water partition coefficient (Wildman–Crippen LogP) is 2.00. The molecule has 1 atom stereocenters. The summed E-state index contributed by atoms with van der Waals surface area (Å²) < 4.78 is 21.0. The summed E-state index contributed by atoms with van der Waals surface area (Å²) in [6.45, 7) is 1.88. The number of benzene rings is 2. The van der Waals surface area contributed by atoms with Crippen molar-refractivity contribution >= 4 is 5.91 Å². The Labute approximate surface area is 157 Å². The summed E-state index contributed by atoms with van der Waals surface area (Å²) >= 11 is 0. The summed E-state index contributed by atoms with van der Waals surface area (Å²) in [6, 6.07) is 10.5. The standard InChI is InChI=1S/C20H23NO6/c1-20(23,14-5-7-16-18(10-14)27-12-26-16)11-21-19(22)9-13-4-6-15(24-2)17(8-13)25-3/h4-8,10,23H,9,11-12H2,1-3H3,(H,21,22). The number of carbonyl (C=O) groups excluding carboxylic acids is 1. The lowest BCUT2D eigenvalue weighted by Crippen LogP contribution is -2.39. The minimum Gasteiger partial charge on any atom is -0.493 e. The monoisotopic (exact) mass is 373 g/mol. The molecule has 3 rings (SSSR count). The molecule has 1 aliphatic rings. The van der Waals surface area contributed by atoms with Gasteiger partial charge in [-0.15, -0.1) is 0 Å². The van der Waals surface area contributed by atoms with Crippen molar-refractivity contribution in [1.29, 1.82) is 0 Å². The van der Waals surface area contributed by atoms with Crippen molar-refractivity contribution in [3.8, 4) is 23.0 Å². The molecule has 7 nitrogen and oxygen atoms in total. The van der Waals surface area contributed by atoms with Gasteiger partial charge < -0.3 is 29.4 Å². The molecule has 2 aromatic rings. The number of fused-ring (bicyclic) bond motifs is 1. The van der Waals surface area contributed by atoms with E-state index in [4.69, 9.17) is 18.9 Å². The van der Waals surface area contributed by atoms with Gasteiger partial charge in [0.05, 0.1) is 27.2 Å². The van der Waals surface area contributed by atoms with Gasteiger partial charge in [-0.3, -0.25) is 4.79 Å². The number of amides is 1. The van der Waals surface area contributed by atoms with E-state index in [1.165, 1.54) is 0 Å². The van der Waals surface area contributed by atoms with E-state index >= 15 is 0 Å². The summed E-state index contributed by atoms with van der Waals surface area (Å²) in [6.07, 6.45) is 0.164. The number of hydrogen-bond acceptors (Lipinski definition) is 6. The van der Waals surface area contributed by atoms with E-state index in [1.807, 2.05) is 0 Å². The zero-order valence-corrected chi connectivity index (χ0v) is 15.6. The lowest BCUT2D eigenvalue weighted by molar-refractivity contribution is -0.121. The third kappa shape index (κ3) is 4.25. The van der Waals surface area contributed by atoms with Crippen molar-refractivity contribution in [2.24, 2.45) is 0 Å². The Hall–Kier alpha value is -2.93. The summed E-state index contributed by atoms with van der Waals surface area (Å²) in [7, 11) is 3.10. The molecule has 144 valence electrons. The minimum atomic E-state index is -1.24. The van der Waals surface area contributed by atoms with Gasteiger partial charge in [0.25, 0.3) is 0 Å². The predicted molar refractivity (Wildman–Crippen MR) is 98.4 cm³/mol. The van der Waals surface area contributed by atoms with Crippen LogP contribution in [0, 0.1) is 0 Å². The molecule has 0 aromatic heterocycles. The van der Waals surface area contributed by atoms with E-state index in [1.54, 1.807) is 57.5 Å². The van der Waals surface area contributed by atoms with Crippen molar-refractivity contribution in [3.63, 3.8) is 0 Å². The quantitative estimate of drug-likeness (QED) is 0.772. The van der Waals surface area contributed by atoms with Gasteiger partial charge in [-0.05, 0) is 42.3 Å². The fraction of sp³-hybridized carbons (Fsp3) is 0.350. The number of methoxy groups -OCH3 is 2. The molecule has 0 saturated heterocycles. The second-order valence-corrected chi connectivity index (χ2v) is 6.48. The summed E-state index contributed by atoms with van der Waals surface area (Å²) in [5.41, 5.74) is 0.180. The van der Waals surface area contributed by atoms with Gasteiger partial charge in [-0.25, -0.2) is 0 Å². The smallest absolute Gasteiger partial charge is 0.231 e. The van der Waals surface area contributed by atoms with E-state index < -0.39 is 5.60 Å². The summed E-state index contributed by atoms with van der Waals surface area (Å²) in [4.78, 5) is 12.3. The fourth-order valence-corrected chi connectivity index (χ4v) is 2.84. The zero-order valence-electron chi connectivity index (χ0n) is 15.6. The normalized spacial score (nSPS) is 14.4. The molecule has 1 amide bonds. The third-order valence-electron chi connectivity index (χ3n) is 4.44. The maximum atomic E-state index is 12.3. The highest BCUT2D eigenvalue weighted by atomic mass is 16.7. The van der Waals surface area contributed by atoms with Crippen LogP contribution >= 0.6 is 0 Å². The Morgan fingerprint density at radius 3 is 2.59 bits per heavy atom. The molecule has 2 aromatic carbocycles. The molecule has 1 unspecified atom stereocenters. The second kappa shape index (κ2) is 7.75. The van der Waals surface area contributed by atoms with Crippen molar-refractivity contribution in [2.45, 2.75) is 18.9 Å². The van der Waals surface area contributed by atoms with Gasteiger partial charge in [0.15, 0.2) is 23.0 Å². The number of aliphatic hydroxyl groups is 1. The van der Waals surface area contributed by atoms with Crippen LogP contribution in [-0.2, 0) is 16.8 Å². The molecular weight excluding hydrogens is 350 g/mol. The first kappa shape index (κ1) is 18.8. The number of rotatable bonds is 7. The second-order valence-electron chi connectivity index (χ2n) is 6.48. The van der Waals surface area contributed by atoms with Crippen molar-refractivity contribution in [2.75, 3.05) is 27.6 Å². The molecule has 27 heavy (non-hydrogen) atoms. The van der Waals surface area contributed by atoms with Crippen LogP contribution in [0.2, 0.25) is 0 Å². The van der Waals surface area contributed by atoms with E-state index in [2.05, 4.69) is 5.32 Å². The largest absolute Gasteiger partial charge is 0.493 e. The number of ether oxygens (including phenoxy) is 4. The van der Waals surface area contributed by atoms with Crippen molar-refractivity contribution < 1.29 is 28.8 Å². The fourth-order valence-electron chi connectivity index (χ4n) is 2.84. The van der Waals surface area contributed by atoms with Crippen LogP contribution in [-0.4, -0.2) is 38.6 Å². The molecule has 1 heterocycles. The first-order valence-electron chi connectivity index (χ1n) is 8.53. The summed E-state index contributed by atoms with van der Waals surface area (Å²) in [5.74, 6) is 2.20. The van der Waals surface area contributed by atoms with Gasteiger partial charge in [0.2, 0.25) is 12.7 Å². The van der Waals surface area contributed by atoms with Gasteiger partial charge in [0, 0.05) is 0 Å². The maximum Gasteiger partial charge on any atom is 0.231 e. The number of nitrogens with one attached hydrogen (secondary N) is 1. The Kier molecular flexibility index (Phi) is 5.41. The average molecular weight is 373 g/mol. The van der Waals surface area contributed by atoms with E-state index in [0.717, 1.165) is 5.56 Å². The highest BCUT2D eigenvalue weighted by Crippen LogP contribution is 2.35. The van der Waals surface area contributed by atoms with Crippen LogP contribution in [0.25, 0.3) is 0 Å². The molecule has 0 aliphatic carbocycles. The van der Waals surface area contributed by atoms with Crippen LogP contribution in [0.4, 0.5) is 0 Å². The van der Waals surface area contributed by atoms with Gasteiger partial charge in [0.1, 0.15) is 5.60 Å². The Morgan fingerprint density at radius 1 is 1.11 bits per heavy atom. The van der Waals surface area contributed by atoms with Gasteiger partial charge in [-0.1, -0.05) is 12.1 Å². The van der Waals surface area contributed by atoms with Crippen LogP contribution in [0.15, 0.2) is 36.4 Å². The maximum absolute atomic E-state index is 12.3. The number of hydrogen-bond donors (Lipinski definition) is 2. The SMILES string of the molecule is COc1ccc(CC(=O)NCC(C)(O)c2ccc3c(c2)OCO3)cc1OC. The van der Waals surface area contributed by atoms with Crippen LogP contribution < -0.4 is 24.3 Å². The van der Waals surface area contributed by atoms with E-state index in [0.29, 0.717) is 28.6 Å². The van der Waals surface area contributed by atoms with E-state index in [-0.39, 0.29) is 25.7 Å². The van der Waals surface area contributed by atoms with Crippen LogP contribution in [0.1, 0.15) is 18.1 Å². The molecule has 0 spiro atoms. The molecule has 2 N–H and O–H groups in total. The van der Waals surface area contributed by atoms with Crippen molar-refractivity contribution in [3.05, 3.63) is 47.5 Å². The van der Waals surface area contributed by atoms with Crippen LogP contribution in [0.5, 0.6) is 23.0 Å². The van der Waals surface area contributed by atoms with Gasteiger partial charge in [-0.2, -0.15) is 0 Å². The Bertz CT molecular complexity index is 833. The first-order valence-corrected chi connectivity index (χ1v) is 8.53. The molecule has 0 saturated carbocycles. The number of carbonyl (C=O) groups is 1. The Balaban J connectivity index is 1.61. The molecule has 7 heteroatoms. The molecule has 1 aliphatic heterocycles. The van der Waals surface area contributed by atoms with Crippen LogP contribution in [0.3, 0.4) is 0 Å². The Morgan fingerprint density at radius 2 is 1.85 bits per heavy atom. The van der Waals surface area contributed by atoms with E-state index in [9.17, 15) is 9.90 Å². The average Bonchev–Trinajstić information content (AvgIpc) is 3.14. The highest BCUT2D eigenvalue weighted by Gasteiger charge is 2.26. The molecular formula is C20H23NO6. The highest BCUT2D eigenvalue weighted by molar-refractivity contribution is 5.79. The summed E-state index contributed by atoms with van der Waals surface area (Å²) in [5, 5.41) is 13.5. The topological polar surface area (TPSA) is 86.3 Å². The van der Waals surface area contributed by atoms with Gasteiger partial charge >= 0.3 is 0 Å². The lowest BCUT2D eigenvalue weighted by atomic mass is 9.95. The molecule has 0 bridgehead atoms. The first-order chi connectivity index (χ1) is 12.9. The lowest BCUT2D eigenvalue weighted by Gasteiger charge is -2.24.